The number of aromatic nitrogens is 1. The molecule has 0 saturated heterocycles. The Kier molecular flexibility index (Phi) is 5.78. The van der Waals surface area contributed by atoms with Gasteiger partial charge in [0, 0.05) is 18.8 Å². The van der Waals surface area contributed by atoms with E-state index in [0.717, 1.165) is 12.1 Å². The van der Waals surface area contributed by atoms with Crippen molar-refractivity contribution >= 4 is 5.97 Å². The van der Waals surface area contributed by atoms with E-state index in [9.17, 15) is 4.79 Å². The summed E-state index contributed by atoms with van der Waals surface area (Å²) < 4.78 is 4.75. The Morgan fingerprint density at radius 3 is 2.78 bits per heavy atom. The minimum Gasteiger partial charge on any atom is -0.465 e. The highest BCUT2D eigenvalue weighted by Gasteiger charge is 2.15. The summed E-state index contributed by atoms with van der Waals surface area (Å²) >= 11 is 0. The van der Waals surface area contributed by atoms with Crippen molar-refractivity contribution < 1.29 is 9.53 Å². The quantitative estimate of drug-likeness (QED) is 0.788. The Balaban J connectivity index is 2.75. The second kappa shape index (κ2) is 7.11. The molecule has 1 N–H and O–H groups in total. The van der Waals surface area contributed by atoms with Gasteiger partial charge in [0.15, 0.2) is 0 Å². The van der Waals surface area contributed by atoms with Crippen LogP contribution in [0.5, 0.6) is 0 Å². The largest absolute Gasteiger partial charge is 0.465 e. The van der Waals surface area contributed by atoms with Crippen LogP contribution in [0.15, 0.2) is 18.3 Å². The van der Waals surface area contributed by atoms with Crippen LogP contribution >= 0.6 is 0 Å². The molecule has 0 fully saturated rings. The smallest absolute Gasteiger partial charge is 0.339 e. The summed E-state index contributed by atoms with van der Waals surface area (Å²) in [6.45, 7) is 7.10. The standard InChI is InChI=1S/C14H22N2O2/c1-5-12(10(2)3)16-9-13-11(14(17)18-4)7-6-8-15-13/h6-8,10,12,16H,5,9H2,1-4H3. The molecule has 0 aliphatic rings. The summed E-state index contributed by atoms with van der Waals surface area (Å²) in [7, 11) is 1.38. The summed E-state index contributed by atoms with van der Waals surface area (Å²) in [6.07, 6.45) is 2.75. The first kappa shape index (κ1) is 14.6. The van der Waals surface area contributed by atoms with Gasteiger partial charge in [0.1, 0.15) is 0 Å². The highest BCUT2D eigenvalue weighted by Crippen LogP contribution is 2.10. The van der Waals surface area contributed by atoms with Crippen LogP contribution in [0.2, 0.25) is 0 Å². The van der Waals surface area contributed by atoms with E-state index in [-0.39, 0.29) is 5.97 Å². The summed E-state index contributed by atoms with van der Waals surface area (Å²) in [6, 6.07) is 3.92. The zero-order valence-corrected chi connectivity index (χ0v) is 11.6. The SMILES string of the molecule is CCC(NCc1ncccc1C(=O)OC)C(C)C. The molecule has 4 heteroatoms. The lowest BCUT2D eigenvalue weighted by atomic mass is 10.0. The van der Waals surface area contributed by atoms with Crippen LogP contribution in [0.25, 0.3) is 0 Å². The van der Waals surface area contributed by atoms with Crippen molar-refractivity contribution in [3.63, 3.8) is 0 Å². The van der Waals surface area contributed by atoms with Crippen LogP contribution < -0.4 is 5.32 Å². The highest BCUT2D eigenvalue weighted by molar-refractivity contribution is 5.90. The predicted octanol–water partition coefficient (Wildman–Crippen LogP) is 2.39. The molecule has 4 nitrogen and oxygen atoms in total. The summed E-state index contributed by atoms with van der Waals surface area (Å²) in [5.41, 5.74) is 1.27. The number of nitrogens with one attached hydrogen (secondary N) is 1. The summed E-state index contributed by atoms with van der Waals surface area (Å²) in [5, 5.41) is 3.43. The van der Waals surface area contributed by atoms with E-state index in [2.05, 4.69) is 31.1 Å². The molecular weight excluding hydrogens is 228 g/mol. The molecule has 1 aromatic heterocycles. The second-order valence-corrected chi connectivity index (χ2v) is 4.63. The molecule has 0 saturated carbocycles. The third kappa shape index (κ3) is 3.81. The van der Waals surface area contributed by atoms with Gasteiger partial charge >= 0.3 is 5.97 Å². The topological polar surface area (TPSA) is 51.2 Å². The molecule has 1 rings (SSSR count). The van der Waals surface area contributed by atoms with Crippen LogP contribution in [0, 0.1) is 5.92 Å². The highest BCUT2D eigenvalue weighted by atomic mass is 16.5. The van der Waals surface area contributed by atoms with Crippen molar-refractivity contribution in [3.05, 3.63) is 29.6 Å². The lowest BCUT2D eigenvalue weighted by Gasteiger charge is -2.21. The molecule has 0 spiro atoms. The molecule has 0 bridgehead atoms. The third-order valence-electron chi connectivity index (χ3n) is 3.07. The van der Waals surface area contributed by atoms with Crippen molar-refractivity contribution in [2.45, 2.75) is 39.8 Å². The van der Waals surface area contributed by atoms with Crippen LogP contribution in [0.3, 0.4) is 0 Å². The van der Waals surface area contributed by atoms with Crippen LogP contribution in [0.1, 0.15) is 43.2 Å². The number of esters is 1. The Hall–Kier alpha value is -1.42. The molecule has 0 radical (unpaired) electrons. The molecular formula is C14H22N2O2. The van der Waals surface area contributed by atoms with Crippen LogP contribution in [0.4, 0.5) is 0 Å². The number of ether oxygens (including phenoxy) is 1. The molecule has 18 heavy (non-hydrogen) atoms. The zero-order valence-electron chi connectivity index (χ0n) is 11.6. The fourth-order valence-electron chi connectivity index (χ4n) is 1.95. The van der Waals surface area contributed by atoms with Gasteiger partial charge in [-0.15, -0.1) is 0 Å². The molecule has 0 amide bonds. The van der Waals surface area contributed by atoms with E-state index in [1.54, 1.807) is 18.3 Å². The Morgan fingerprint density at radius 2 is 2.22 bits per heavy atom. The lowest BCUT2D eigenvalue weighted by molar-refractivity contribution is 0.0598. The van der Waals surface area contributed by atoms with Gasteiger partial charge < -0.3 is 10.1 Å². The average Bonchev–Trinajstić information content (AvgIpc) is 2.38. The lowest BCUT2D eigenvalue weighted by Crippen LogP contribution is -2.33. The van der Waals surface area contributed by atoms with E-state index >= 15 is 0 Å². The number of carbonyl (C=O) groups is 1. The fourth-order valence-corrected chi connectivity index (χ4v) is 1.95. The molecule has 1 heterocycles. The number of pyridine rings is 1. The fraction of sp³-hybridized carbons (Fsp3) is 0.571. The molecule has 1 unspecified atom stereocenters. The molecule has 0 aliphatic heterocycles. The Morgan fingerprint density at radius 1 is 1.50 bits per heavy atom. The maximum Gasteiger partial charge on any atom is 0.339 e. The van der Waals surface area contributed by atoms with E-state index in [1.807, 2.05) is 0 Å². The van der Waals surface area contributed by atoms with Gasteiger partial charge in [-0.2, -0.15) is 0 Å². The van der Waals surface area contributed by atoms with E-state index in [4.69, 9.17) is 4.74 Å². The van der Waals surface area contributed by atoms with E-state index in [1.165, 1.54) is 7.11 Å². The number of rotatable bonds is 6. The number of nitrogens with zero attached hydrogens (tertiary/aromatic N) is 1. The van der Waals surface area contributed by atoms with Crippen LogP contribution in [-0.4, -0.2) is 24.1 Å². The normalized spacial score (nSPS) is 12.5. The molecule has 1 atom stereocenters. The molecule has 0 aromatic carbocycles. The van der Waals surface area contributed by atoms with Crippen LogP contribution in [-0.2, 0) is 11.3 Å². The third-order valence-corrected chi connectivity index (χ3v) is 3.07. The summed E-state index contributed by atoms with van der Waals surface area (Å²) in [4.78, 5) is 15.8. The summed E-state index contributed by atoms with van der Waals surface area (Å²) in [5.74, 6) is 0.220. The molecule has 100 valence electrons. The van der Waals surface area contributed by atoms with Crippen molar-refractivity contribution in [3.8, 4) is 0 Å². The zero-order chi connectivity index (χ0) is 13.5. The van der Waals surface area contributed by atoms with Crippen molar-refractivity contribution in [1.29, 1.82) is 0 Å². The van der Waals surface area contributed by atoms with E-state index < -0.39 is 0 Å². The van der Waals surface area contributed by atoms with Crippen molar-refractivity contribution in [2.24, 2.45) is 5.92 Å². The predicted molar refractivity (Wildman–Crippen MR) is 71.3 cm³/mol. The van der Waals surface area contributed by atoms with Gasteiger partial charge in [0.2, 0.25) is 0 Å². The minimum atomic E-state index is -0.336. The monoisotopic (exact) mass is 250 g/mol. The Labute approximate surface area is 109 Å². The van der Waals surface area contributed by atoms with Gasteiger partial charge in [-0.05, 0) is 24.5 Å². The van der Waals surface area contributed by atoms with Gasteiger partial charge in [-0.25, -0.2) is 4.79 Å². The maximum atomic E-state index is 11.6. The van der Waals surface area contributed by atoms with Crippen molar-refractivity contribution in [1.82, 2.24) is 10.3 Å². The number of carbonyl (C=O) groups excluding carboxylic acids is 1. The average molecular weight is 250 g/mol. The first-order valence-corrected chi connectivity index (χ1v) is 6.35. The van der Waals surface area contributed by atoms with Gasteiger partial charge in [0.05, 0.1) is 18.4 Å². The maximum absolute atomic E-state index is 11.6. The van der Waals surface area contributed by atoms with Crippen molar-refractivity contribution in [2.75, 3.05) is 7.11 Å². The van der Waals surface area contributed by atoms with Gasteiger partial charge in [-0.1, -0.05) is 20.8 Å². The van der Waals surface area contributed by atoms with Gasteiger partial charge in [-0.3, -0.25) is 4.98 Å². The van der Waals surface area contributed by atoms with Gasteiger partial charge in [0.25, 0.3) is 0 Å². The number of methoxy groups -OCH3 is 1. The first-order valence-electron chi connectivity index (χ1n) is 6.35. The first-order chi connectivity index (χ1) is 8.60. The molecule has 0 aliphatic carbocycles. The second-order valence-electron chi connectivity index (χ2n) is 4.63. The number of hydrogen-bond acceptors (Lipinski definition) is 4. The number of hydrogen-bond donors (Lipinski definition) is 1. The Bertz CT molecular complexity index is 391. The van der Waals surface area contributed by atoms with E-state index in [0.29, 0.717) is 24.1 Å². The minimum absolute atomic E-state index is 0.336. The molecule has 1 aromatic rings.